The van der Waals surface area contributed by atoms with Gasteiger partial charge in [-0.15, -0.1) is 0 Å². The molecule has 0 heterocycles. The van der Waals surface area contributed by atoms with E-state index in [-0.39, 0.29) is 10.6 Å². The van der Waals surface area contributed by atoms with Crippen LogP contribution in [0.25, 0.3) is 0 Å². The number of benzene rings is 2. The highest BCUT2D eigenvalue weighted by Crippen LogP contribution is 2.13. The van der Waals surface area contributed by atoms with Crippen LogP contribution in [0.15, 0.2) is 59.5 Å². The van der Waals surface area contributed by atoms with Crippen molar-refractivity contribution in [1.29, 1.82) is 0 Å². The molecule has 5 nitrogen and oxygen atoms in total. The zero-order valence-electron chi connectivity index (χ0n) is 11.8. The lowest BCUT2D eigenvalue weighted by Crippen LogP contribution is -2.41. The number of anilines is 1. The standard InChI is InChI=1S/C15H15FN2O3S/c1-11(15(19)17-14-10-6-5-9-13(14)16)18-22(20,21)12-7-3-2-4-8-12/h2-11,18H,1H3,(H,17,19)/t11-/m0/s1. The first-order valence-electron chi connectivity index (χ1n) is 6.53. The first kappa shape index (κ1) is 16.1. The summed E-state index contributed by atoms with van der Waals surface area (Å²) >= 11 is 0. The second-order valence-corrected chi connectivity index (χ2v) is 6.34. The fourth-order valence-electron chi connectivity index (χ4n) is 1.76. The van der Waals surface area contributed by atoms with Crippen LogP contribution in [0.4, 0.5) is 10.1 Å². The van der Waals surface area contributed by atoms with Gasteiger partial charge < -0.3 is 5.32 Å². The summed E-state index contributed by atoms with van der Waals surface area (Å²) in [5.41, 5.74) is -0.00161. The van der Waals surface area contributed by atoms with E-state index in [2.05, 4.69) is 10.0 Å². The molecule has 2 rings (SSSR count). The first-order valence-corrected chi connectivity index (χ1v) is 8.01. The highest BCUT2D eigenvalue weighted by atomic mass is 32.2. The maximum absolute atomic E-state index is 13.5. The Bertz CT molecular complexity index is 763. The summed E-state index contributed by atoms with van der Waals surface area (Å²) in [5.74, 6) is -1.24. The minimum atomic E-state index is -3.81. The summed E-state index contributed by atoms with van der Waals surface area (Å²) in [6.45, 7) is 1.39. The van der Waals surface area contributed by atoms with Crippen molar-refractivity contribution in [1.82, 2.24) is 4.72 Å². The Morgan fingerprint density at radius 1 is 1.05 bits per heavy atom. The van der Waals surface area contributed by atoms with Crippen LogP contribution in [-0.2, 0) is 14.8 Å². The molecule has 0 bridgehead atoms. The molecule has 0 aliphatic carbocycles. The molecule has 0 aromatic heterocycles. The maximum Gasteiger partial charge on any atom is 0.242 e. The van der Waals surface area contributed by atoms with Crippen LogP contribution in [-0.4, -0.2) is 20.4 Å². The summed E-state index contributed by atoms with van der Waals surface area (Å²) in [5, 5.41) is 2.34. The third kappa shape index (κ3) is 3.90. The summed E-state index contributed by atoms with van der Waals surface area (Å²) in [6, 6.07) is 12.3. The smallest absolute Gasteiger partial charge is 0.242 e. The lowest BCUT2D eigenvalue weighted by atomic mass is 10.2. The van der Waals surface area contributed by atoms with E-state index in [4.69, 9.17) is 0 Å². The van der Waals surface area contributed by atoms with Gasteiger partial charge in [0.1, 0.15) is 5.82 Å². The molecule has 22 heavy (non-hydrogen) atoms. The predicted octanol–water partition coefficient (Wildman–Crippen LogP) is 2.13. The van der Waals surface area contributed by atoms with Crippen LogP contribution < -0.4 is 10.0 Å². The van der Waals surface area contributed by atoms with Crippen molar-refractivity contribution in [3.05, 3.63) is 60.4 Å². The Hall–Kier alpha value is -2.25. The first-order chi connectivity index (χ1) is 10.4. The lowest BCUT2D eigenvalue weighted by molar-refractivity contribution is -0.117. The quantitative estimate of drug-likeness (QED) is 0.885. The molecule has 116 valence electrons. The molecule has 0 unspecified atom stereocenters. The van der Waals surface area contributed by atoms with Gasteiger partial charge in [0.25, 0.3) is 0 Å². The molecule has 1 atom stereocenters. The second-order valence-electron chi connectivity index (χ2n) is 4.63. The number of amides is 1. The highest BCUT2D eigenvalue weighted by molar-refractivity contribution is 7.89. The Balaban J connectivity index is 2.07. The summed E-state index contributed by atoms with van der Waals surface area (Å²) < 4.78 is 39.9. The van der Waals surface area contributed by atoms with Gasteiger partial charge in [0.2, 0.25) is 15.9 Å². The number of carbonyl (C=O) groups excluding carboxylic acids is 1. The number of halogens is 1. The SMILES string of the molecule is C[C@H](NS(=O)(=O)c1ccccc1)C(=O)Nc1ccccc1F. The van der Waals surface area contributed by atoms with Crippen LogP contribution in [0, 0.1) is 5.82 Å². The molecular formula is C15H15FN2O3S. The molecule has 2 aromatic carbocycles. The van der Waals surface area contributed by atoms with Crippen LogP contribution in [0.1, 0.15) is 6.92 Å². The third-order valence-electron chi connectivity index (χ3n) is 2.91. The highest BCUT2D eigenvalue weighted by Gasteiger charge is 2.22. The van der Waals surface area contributed by atoms with Gasteiger partial charge in [-0.05, 0) is 31.2 Å². The molecule has 7 heteroatoms. The molecule has 0 saturated carbocycles. The van der Waals surface area contributed by atoms with Crippen molar-refractivity contribution < 1.29 is 17.6 Å². The Morgan fingerprint density at radius 3 is 2.27 bits per heavy atom. The summed E-state index contributed by atoms with van der Waals surface area (Å²) in [4.78, 5) is 12.0. The van der Waals surface area contributed by atoms with Crippen molar-refractivity contribution in [2.75, 3.05) is 5.32 Å². The van der Waals surface area contributed by atoms with Crippen LogP contribution in [0.2, 0.25) is 0 Å². The largest absolute Gasteiger partial charge is 0.322 e. The van der Waals surface area contributed by atoms with Crippen LogP contribution in [0.3, 0.4) is 0 Å². The van der Waals surface area contributed by atoms with E-state index in [1.165, 1.54) is 37.3 Å². The van der Waals surface area contributed by atoms with Gasteiger partial charge in [0.15, 0.2) is 0 Å². The van der Waals surface area contributed by atoms with Crippen molar-refractivity contribution in [2.45, 2.75) is 17.9 Å². The van der Waals surface area contributed by atoms with Crippen LogP contribution in [0.5, 0.6) is 0 Å². The molecule has 0 fully saturated rings. The number of sulfonamides is 1. The normalized spacial score (nSPS) is 12.6. The number of hydrogen-bond donors (Lipinski definition) is 2. The topological polar surface area (TPSA) is 75.3 Å². The van der Waals surface area contributed by atoms with Crippen molar-refractivity contribution in [3.8, 4) is 0 Å². The lowest BCUT2D eigenvalue weighted by Gasteiger charge is -2.14. The minimum absolute atomic E-state index is 0.00161. The van der Waals surface area contributed by atoms with Crippen molar-refractivity contribution >= 4 is 21.6 Å². The van der Waals surface area contributed by atoms with E-state index in [9.17, 15) is 17.6 Å². The molecule has 0 spiro atoms. The zero-order valence-corrected chi connectivity index (χ0v) is 12.6. The molecule has 2 aromatic rings. The molecule has 0 aliphatic rings. The zero-order chi connectivity index (χ0) is 16.2. The summed E-state index contributed by atoms with van der Waals surface area (Å²) in [7, 11) is -3.81. The number of hydrogen-bond acceptors (Lipinski definition) is 3. The molecule has 0 saturated heterocycles. The van der Waals surface area contributed by atoms with Crippen molar-refractivity contribution in [3.63, 3.8) is 0 Å². The maximum atomic E-state index is 13.5. The van der Waals surface area contributed by atoms with Gasteiger partial charge >= 0.3 is 0 Å². The van der Waals surface area contributed by atoms with Gasteiger partial charge in [-0.3, -0.25) is 4.79 Å². The van der Waals surface area contributed by atoms with Gasteiger partial charge in [-0.25, -0.2) is 12.8 Å². The number of para-hydroxylation sites is 1. The monoisotopic (exact) mass is 322 g/mol. The van der Waals surface area contributed by atoms with E-state index in [0.29, 0.717) is 0 Å². The van der Waals surface area contributed by atoms with E-state index >= 15 is 0 Å². The van der Waals surface area contributed by atoms with E-state index in [0.717, 1.165) is 0 Å². The Kier molecular flexibility index (Phi) is 4.89. The fraction of sp³-hybridized carbons (Fsp3) is 0.133. The Morgan fingerprint density at radius 2 is 1.64 bits per heavy atom. The average Bonchev–Trinajstić information content (AvgIpc) is 2.50. The molecule has 2 N–H and O–H groups in total. The van der Waals surface area contributed by atoms with Crippen molar-refractivity contribution in [2.24, 2.45) is 0 Å². The van der Waals surface area contributed by atoms with E-state index < -0.39 is 27.8 Å². The van der Waals surface area contributed by atoms with Gasteiger partial charge in [0, 0.05) is 0 Å². The number of carbonyl (C=O) groups is 1. The minimum Gasteiger partial charge on any atom is -0.322 e. The third-order valence-corrected chi connectivity index (χ3v) is 4.47. The molecule has 1 amide bonds. The van der Waals surface area contributed by atoms with Gasteiger partial charge in [0.05, 0.1) is 16.6 Å². The van der Waals surface area contributed by atoms with E-state index in [1.54, 1.807) is 24.3 Å². The molecular weight excluding hydrogens is 307 g/mol. The van der Waals surface area contributed by atoms with Gasteiger partial charge in [-0.1, -0.05) is 30.3 Å². The van der Waals surface area contributed by atoms with Crippen LogP contribution >= 0.6 is 0 Å². The number of rotatable bonds is 5. The summed E-state index contributed by atoms with van der Waals surface area (Å²) in [6.07, 6.45) is 0. The second kappa shape index (κ2) is 6.67. The fourth-order valence-corrected chi connectivity index (χ4v) is 2.98. The van der Waals surface area contributed by atoms with E-state index in [1.807, 2.05) is 0 Å². The Labute approximate surface area is 128 Å². The predicted molar refractivity (Wildman–Crippen MR) is 81.3 cm³/mol. The molecule has 0 radical (unpaired) electrons. The molecule has 0 aliphatic heterocycles. The number of nitrogens with one attached hydrogen (secondary N) is 2. The average molecular weight is 322 g/mol. The van der Waals surface area contributed by atoms with Gasteiger partial charge in [-0.2, -0.15) is 4.72 Å².